The van der Waals surface area contributed by atoms with E-state index in [4.69, 9.17) is 0 Å². The molecule has 8 heteroatoms. The SMILES string of the molecule is O=S(=O)(CC(O)CS(=O)(=O)c1ccc(Br)cc1)c1ccccc1. The van der Waals surface area contributed by atoms with Crippen molar-refractivity contribution in [1.29, 1.82) is 0 Å². The van der Waals surface area contributed by atoms with E-state index in [0.29, 0.717) is 0 Å². The highest BCUT2D eigenvalue weighted by molar-refractivity contribution is 9.10. The topological polar surface area (TPSA) is 88.5 Å². The molecule has 0 aliphatic rings. The van der Waals surface area contributed by atoms with Gasteiger partial charge in [0.05, 0.1) is 27.4 Å². The Hall–Kier alpha value is -1.22. The van der Waals surface area contributed by atoms with E-state index < -0.39 is 37.3 Å². The molecule has 0 heterocycles. The molecule has 0 aromatic heterocycles. The summed E-state index contributed by atoms with van der Waals surface area (Å²) in [7, 11) is -7.51. The summed E-state index contributed by atoms with van der Waals surface area (Å²) < 4.78 is 49.4. The Balaban J connectivity index is 2.13. The van der Waals surface area contributed by atoms with Crippen LogP contribution in [0.1, 0.15) is 0 Å². The van der Waals surface area contributed by atoms with Gasteiger partial charge in [-0.3, -0.25) is 0 Å². The van der Waals surface area contributed by atoms with E-state index in [-0.39, 0.29) is 9.79 Å². The molecule has 2 aromatic rings. The second-order valence-corrected chi connectivity index (χ2v) is 9.97. The van der Waals surface area contributed by atoms with Crippen molar-refractivity contribution in [2.45, 2.75) is 15.9 Å². The van der Waals surface area contributed by atoms with E-state index in [2.05, 4.69) is 15.9 Å². The number of rotatable bonds is 6. The fourth-order valence-corrected chi connectivity index (χ4v) is 5.19. The Morgan fingerprint density at radius 3 is 1.70 bits per heavy atom. The maximum atomic E-state index is 12.2. The standard InChI is InChI=1S/C15H15BrO5S2/c16-12-6-8-15(9-7-12)23(20,21)11-13(17)10-22(18,19)14-4-2-1-3-5-14/h1-9,13,17H,10-11H2. The van der Waals surface area contributed by atoms with Crippen LogP contribution < -0.4 is 0 Å². The number of aliphatic hydroxyl groups is 1. The summed E-state index contributed by atoms with van der Waals surface area (Å²) in [6.07, 6.45) is -1.51. The van der Waals surface area contributed by atoms with Gasteiger partial charge in [0, 0.05) is 4.47 Å². The van der Waals surface area contributed by atoms with Gasteiger partial charge in [-0.1, -0.05) is 34.1 Å². The number of hydrogen-bond donors (Lipinski definition) is 1. The summed E-state index contributed by atoms with van der Waals surface area (Å²) in [4.78, 5) is 0.0944. The highest BCUT2D eigenvalue weighted by Gasteiger charge is 2.25. The molecule has 0 radical (unpaired) electrons. The van der Waals surface area contributed by atoms with Crippen LogP contribution in [0.4, 0.5) is 0 Å². The zero-order valence-electron chi connectivity index (χ0n) is 12.0. The van der Waals surface area contributed by atoms with Crippen molar-refractivity contribution in [2.24, 2.45) is 0 Å². The summed E-state index contributed by atoms with van der Waals surface area (Å²) >= 11 is 3.21. The largest absolute Gasteiger partial charge is 0.391 e. The van der Waals surface area contributed by atoms with Crippen LogP contribution in [0.5, 0.6) is 0 Å². The molecule has 0 spiro atoms. The van der Waals surface area contributed by atoms with E-state index >= 15 is 0 Å². The van der Waals surface area contributed by atoms with Gasteiger partial charge < -0.3 is 5.11 Å². The molecule has 0 aliphatic carbocycles. The lowest BCUT2D eigenvalue weighted by Crippen LogP contribution is -2.28. The molecule has 1 atom stereocenters. The van der Waals surface area contributed by atoms with Crippen molar-refractivity contribution >= 4 is 35.6 Å². The van der Waals surface area contributed by atoms with E-state index in [1.807, 2.05) is 0 Å². The fraction of sp³-hybridized carbons (Fsp3) is 0.200. The molecule has 0 saturated heterocycles. The molecule has 1 unspecified atom stereocenters. The van der Waals surface area contributed by atoms with Crippen molar-refractivity contribution in [2.75, 3.05) is 11.5 Å². The lowest BCUT2D eigenvalue weighted by molar-refractivity contribution is 0.220. The lowest BCUT2D eigenvalue weighted by atomic mass is 10.4. The second kappa shape index (κ2) is 7.12. The molecule has 0 saturated carbocycles. The third-order valence-corrected chi connectivity index (χ3v) is 7.26. The fourth-order valence-electron chi connectivity index (χ4n) is 2.02. The van der Waals surface area contributed by atoms with E-state index in [1.165, 1.54) is 24.3 Å². The predicted molar refractivity (Wildman–Crippen MR) is 90.7 cm³/mol. The number of hydrogen-bond acceptors (Lipinski definition) is 5. The third-order valence-electron chi connectivity index (χ3n) is 3.10. The van der Waals surface area contributed by atoms with Crippen molar-refractivity contribution in [1.82, 2.24) is 0 Å². The van der Waals surface area contributed by atoms with E-state index in [9.17, 15) is 21.9 Å². The van der Waals surface area contributed by atoms with Gasteiger partial charge in [-0.15, -0.1) is 0 Å². The first kappa shape index (κ1) is 18.1. The second-order valence-electron chi connectivity index (χ2n) is 4.98. The van der Waals surface area contributed by atoms with Gasteiger partial charge in [0.1, 0.15) is 0 Å². The van der Waals surface area contributed by atoms with Crippen LogP contribution in [0.25, 0.3) is 0 Å². The van der Waals surface area contributed by atoms with Crippen LogP contribution in [0.15, 0.2) is 68.9 Å². The van der Waals surface area contributed by atoms with Crippen molar-refractivity contribution in [3.05, 3.63) is 59.1 Å². The number of sulfone groups is 2. The number of benzene rings is 2. The molecule has 0 aliphatic heterocycles. The maximum absolute atomic E-state index is 12.2. The van der Waals surface area contributed by atoms with E-state index in [0.717, 1.165) is 4.47 Å². The molecular weight excluding hydrogens is 404 g/mol. The summed E-state index contributed by atoms with van der Waals surface area (Å²) in [5, 5.41) is 9.93. The van der Waals surface area contributed by atoms with Crippen molar-refractivity contribution in [3.8, 4) is 0 Å². The minimum atomic E-state index is -3.77. The Labute approximate surface area is 143 Å². The first-order chi connectivity index (χ1) is 10.7. The Morgan fingerprint density at radius 2 is 1.22 bits per heavy atom. The maximum Gasteiger partial charge on any atom is 0.180 e. The summed E-state index contributed by atoms with van der Waals surface area (Å²) in [5.41, 5.74) is 0. The molecule has 2 rings (SSSR count). The first-order valence-electron chi connectivity index (χ1n) is 6.65. The molecule has 2 aromatic carbocycles. The summed E-state index contributed by atoms with van der Waals surface area (Å²) in [6.45, 7) is 0. The van der Waals surface area contributed by atoms with Crippen molar-refractivity contribution in [3.63, 3.8) is 0 Å². The highest BCUT2D eigenvalue weighted by Crippen LogP contribution is 2.18. The Kier molecular flexibility index (Phi) is 5.61. The molecule has 0 fully saturated rings. The van der Waals surface area contributed by atoms with Crippen LogP contribution in [0.2, 0.25) is 0 Å². The van der Waals surface area contributed by atoms with Gasteiger partial charge in [0.15, 0.2) is 19.7 Å². The van der Waals surface area contributed by atoms with Gasteiger partial charge in [-0.25, -0.2) is 16.8 Å². The van der Waals surface area contributed by atoms with Gasteiger partial charge in [-0.2, -0.15) is 0 Å². The van der Waals surface area contributed by atoms with Crippen LogP contribution in [-0.2, 0) is 19.7 Å². The molecule has 124 valence electrons. The first-order valence-corrected chi connectivity index (χ1v) is 10.7. The van der Waals surface area contributed by atoms with Gasteiger partial charge >= 0.3 is 0 Å². The Morgan fingerprint density at radius 1 is 0.783 bits per heavy atom. The van der Waals surface area contributed by atoms with Gasteiger partial charge in [0.25, 0.3) is 0 Å². The Bertz CT molecular complexity index is 860. The van der Waals surface area contributed by atoms with Gasteiger partial charge in [-0.05, 0) is 36.4 Å². The predicted octanol–water partition coefficient (Wildman–Crippen LogP) is 2.06. The third kappa shape index (κ3) is 4.87. The number of aliphatic hydroxyl groups excluding tert-OH is 1. The van der Waals surface area contributed by atoms with Gasteiger partial charge in [0.2, 0.25) is 0 Å². The zero-order chi connectivity index (χ0) is 17.1. The minimum Gasteiger partial charge on any atom is -0.391 e. The average molecular weight is 419 g/mol. The molecule has 23 heavy (non-hydrogen) atoms. The average Bonchev–Trinajstić information content (AvgIpc) is 2.47. The van der Waals surface area contributed by atoms with E-state index in [1.54, 1.807) is 30.3 Å². The zero-order valence-corrected chi connectivity index (χ0v) is 15.2. The summed E-state index contributed by atoms with van der Waals surface area (Å²) in [5.74, 6) is -1.30. The molecule has 1 N–H and O–H groups in total. The normalized spacial score (nSPS) is 13.7. The molecule has 5 nitrogen and oxygen atoms in total. The monoisotopic (exact) mass is 418 g/mol. The molecular formula is C15H15BrO5S2. The highest BCUT2D eigenvalue weighted by atomic mass is 79.9. The lowest BCUT2D eigenvalue weighted by Gasteiger charge is -2.12. The van der Waals surface area contributed by atoms with Crippen molar-refractivity contribution < 1.29 is 21.9 Å². The van der Waals surface area contributed by atoms with Crippen LogP contribution in [-0.4, -0.2) is 39.6 Å². The smallest absolute Gasteiger partial charge is 0.180 e. The quantitative estimate of drug-likeness (QED) is 0.775. The molecule has 0 bridgehead atoms. The minimum absolute atomic E-state index is 0.0388. The van der Waals surface area contributed by atoms with Crippen LogP contribution in [0.3, 0.4) is 0 Å². The molecule has 0 amide bonds. The number of halogens is 1. The van der Waals surface area contributed by atoms with Crippen LogP contribution >= 0.6 is 15.9 Å². The van der Waals surface area contributed by atoms with Crippen LogP contribution in [0, 0.1) is 0 Å². The summed E-state index contributed by atoms with van der Waals surface area (Å²) in [6, 6.07) is 13.6.